The molecule has 3 heterocycles. The van der Waals surface area contributed by atoms with Crippen molar-refractivity contribution in [3.8, 4) is 5.75 Å². The number of hydrogen-bond acceptors (Lipinski definition) is 10. The molecule has 0 radical (unpaired) electrons. The summed E-state index contributed by atoms with van der Waals surface area (Å²) in [6, 6.07) is 10.8. The normalized spacial score (nSPS) is 20.2. The van der Waals surface area contributed by atoms with Crippen molar-refractivity contribution in [2.75, 3.05) is 17.3 Å². The number of methoxy groups -OCH3 is 1. The van der Waals surface area contributed by atoms with Crippen LogP contribution in [0.5, 0.6) is 5.75 Å². The molecule has 2 aromatic heterocycles. The lowest BCUT2D eigenvalue weighted by Crippen LogP contribution is -2.41. The summed E-state index contributed by atoms with van der Waals surface area (Å²) >= 11 is 6.48. The van der Waals surface area contributed by atoms with Crippen LogP contribution in [0.4, 0.5) is 26.9 Å². The van der Waals surface area contributed by atoms with Gasteiger partial charge in [0.25, 0.3) is 0 Å². The summed E-state index contributed by atoms with van der Waals surface area (Å²) in [6.45, 7) is 10.6. The number of fused-ring (bicyclic) bond motifs is 3. The molecular weight excluding hydrogens is 636 g/mol. The van der Waals surface area contributed by atoms with Crippen molar-refractivity contribution < 1.29 is 28.6 Å². The zero-order valence-electron chi connectivity index (χ0n) is 27.9. The van der Waals surface area contributed by atoms with Crippen molar-refractivity contribution in [1.82, 2.24) is 19.7 Å². The summed E-state index contributed by atoms with van der Waals surface area (Å²) in [5, 5.41) is 8.76. The minimum absolute atomic E-state index is 0.302. The van der Waals surface area contributed by atoms with Gasteiger partial charge in [0, 0.05) is 17.2 Å². The van der Waals surface area contributed by atoms with Gasteiger partial charge in [-0.25, -0.2) is 24.5 Å². The molecule has 250 valence electrons. The van der Waals surface area contributed by atoms with Crippen LogP contribution in [0.15, 0.2) is 42.6 Å². The Labute approximate surface area is 282 Å². The first-order valence-electron chi connectivity index (χ1n) is 15.9. The molecule has 3 aliphatic rings. The quantitative estimate of drug-likeness (QED) is 0.226. The summed E-state index contributed by atoms with van der Waals surface area (Å²) < 4.78 is 18.1. The molecule has 12 nitrogen and oxygen atoms in total. The number of nitrogens with one attached hydrogen (secondary N) is 1. The van der Waals surface area contributed by atoms with Gasteiger partial charge >= 0.3 is 12.2 Å². The van der Waals surface area contributed by atoms with Crippen molar-refractivity contribution in [2.45, 2.75) is 89.3 Å². The fourth-order valence-corrected chi connectivity index (χ4v) is 6.45. The number of amides is 2. The lowest BCUT2D eigenvalue weighted by Gasteiger charge is -2.24. The maximum absolute atomic E-state index is 14.2. The average molecular weight is 673 g/mol. The molecule has 7 rings (SSSR count). The summed E-state index contributed by atoms with van der Waals surface area (Å²) in [6.07, 6.45) is 2.66. The summed E-state index contributed by atoms with van der Waals surface area (Å²) in [7, 11) is 1.56. The number of carbonyl (C=O) groups is 3. The van der Waals surface area contributed by atoms with Gasteiger partial charge in [0.15, 0.2) is 11.6 Å². The SMILES string of the molecule is COc1ccc2c(c1)[C@]1(C[C@H]1c1ccc3c(Nc4nc(C5CC5)ncc4Cl)nn(C(=O)OC(C)(C)C)c3c1)C(=O)N2C(=O)OC(C)(C)C. The van der Waals surface area contributed by atoms with Gasteiger partial charge < -0.3 is 19.5 Å². The van der Waals surface area contributed by atoms with Crippen molar-refractivity contribution in [3.63, 3.8) is 0 Å². The molecule has 13 heteroatoms. The maximum atomic E-state index is 14.2. The average Bonchev–Trinajstić information content (AvgIpc) is 3.92. The Morgan fingerprint density at radius 2 is 1.69 bits per heavy atom. The van der Waals surface area contributed by atoms with Gasteiger partial charge in [-0.15, -0.1) is 5.10 Å². The number of carbonyl (C=O) groups excluding carboxylic acids is 3. The van der Waals surface area contributed by atoms with Gasteiger partial charge in [0.2, 0.25) is 5.91 Å². The number of halogens is 1. The van der Waals surface area contributed by atoms with Crippen LogP contribution in [-0.2, 0) is 19.7 Å². The van der Waals surface area contributed by atoms with Crippen LogP contribution < -0.4 is 15.0 Å². The van der Waals surface area contributed by atoms with Crippen LogP contribution in [0, 0.1) is 0 Å². The zero-order chi connectivity index (χ0) is 34.3. The van der Waals surface area contributed by atoms with Crippen LogP contribution in [0.3, 0.4) is 0 Å². The van der Waals surface area contributed by atoms with Crippen molar-refractivity contribution in [1.29, 1.82) is 0 Å². The van der Waals surface area contributed by atoms with Crippen LogP contribution in [0.2, 0.25) is 5.02 Å². The molecule has 2 aliphatic carbocycles. The molecule has 2 atom stereocenters. The van der Waals surface area contributed by atoms with E-state index in [0.717, 1.165) is 23.3 Å². The second kappa shape index (κ2) is 10.9. The van der Waals surface area contributed by atoms with E-state index < -0.39 is 28.8 Å². The van der Waals surface area contributed by atoms with Crippen molar-refractivity contribution >= 4 is 57.9 Å². The molecule has 0 bridgehead atoms. The molecule has 0 saturated heterocycles. The smallest absolute Gasteiger partial charge is 0.435 e. The molecule has 1 aliphatic heterocycles. The Morgan fingerprint density at radius 1 is 0.979 bits per heavy atom. The van der Waals surface area contributed by atoms with Gasteiger partial charge in [-0.1, -0.05) is 17.7 Å². The fourth-order valence-electron chi connectivity index (χ4n) is 6.31. The maximum Gasteiger partial charge on any atom is 0.435 e. The molecule has 2 amide bonds. The Hall–Kier alpha value is -4.71. The number of imide groups is 1. The number of aromatic nitrogens is 4. The van der Waals surface area contributed by atoms with Crippen LogP contribution >= 0.6 is 11.6 Å². The van der Waals surface area contributed by atoms with E-state index in [-0.39, 0.29) is 11.8 Å². The number of rotatable bonds is 5. The van der Waals surface area contributed by atoms with Crippen molar-refractivity contribution in [2.24, 2.45) is 0 Å². The number of nitrogens with zero attached hydrogens (tertiary/aromatic N) is 5. The Bertz CT molecular complexity index is 2010. The monoisotopic (exact) mass is 672 g/mol. The molecule has 1 N–H and O–H groups in total. The third-order valence-electron chi connectivity index (χ3n) is 8.66. The summed E-state index contributed by atoms with van der Waals surface area (Å²) in [5.74, 6) is 1.67. The number of benzene rings is 2. The molecule has 2 aromatic carbocycles. The molecule has 2 fully saturated rings. The highest BCUT2D eigenvalue weighted by atomic mass is 35.5. The minimum Gasteiger partial charge on any atom is -0.497 e. The highest BCUT2D eigenvalue weighted by Gasteiger charge is 2.68. The molecule has 2 saturated carbocycles. The highest BCUT2D eigenvalue weighted by molar-refractivity contribution is 6.33. The fraction of sp³-hybridized carbons (Fsp3) is 0.429. The van der Waals surface area contributed by atoms with Crippen LogP contribution in [-0.4, -0.2) is 56.2 Å². The van der Waals surface area contributed by atoms with Crippen LogP contribution in [0.25, 0.3) is 10.9 Å². The van der Waals surface area contributed by atoms with Crippen LogP contribution in [0.1, 0.15) is 89.6 Å². The predicted octanol–water partition coefficient (Wildman–Crippen LogP) is 7.60. The van der Waals surface area contributed by atoms with E-state index in [1.807, 2.05) is 24.3 Å². The predicted molar refractivity (Wildman–Crippen MR) is 179 cm³/mol. The second-order valence-corrected chi connectivity index (χ2v) is 15.0. The zero-order valence-corrected chi connectivity index (χ0v) is 28.6. The number of ether oxygens (including phenoxy) is 3. The molecule has 4 aromatic rings. The topological polar surface area (TPSA) is 138 Å². The Morgan fingerprint density at radius 3 is 2.35 bits per heavy atom. The lowest BCUT2D eigenvalue weighted by atomic mass is 9.91. The molecular formula is C35H37ClN6O6. The van der Waals surface area contributed by atoms with E-state index in [9.17, 15) is 14.4 Å². The van der Waals surface area contributed by atoms with E-state index >= 15 is 0 Å². The molecule has 1 spiro atoms. The lowest BCUT2D eigenvalue weighted by molar-refractivity contribution is -0.120. The van der Waals surface area contributed by atoms with E-state index in [1.165, 1.54) is 4.68 Å². The Balaban J connectivity index is 1.30. The molecule has 48 heavy (non-hydrogen) atoms. The highest BCUT2D eigenvalue weighted by Crippen LogP contribution is 2.67. The first kappa shape index (κ1) is 31.9. The third-order valence-corrected chi connectivity index (χ3v) is 8.94. The largest absolute Gasteiger partial charge is 0.497 e. The van der Waals surface area contributed by atoms with Gasteiger partial charge in [0.1, 0.15) is 27.8 Å². The second-order valence-electron chi connectivity index (χ2n) is 14.6. The number of anilines is 3. The Kier molecular flexibility index (Phi) is 7.24. The number of hydrogen-bond donors (Lipinski definition) is 1. The van der Waals surface area contributed by atoms with E-state index in [4.69, 9.17) is 25.8 Å². The first-order chi connectivity index (χ1) is 22.6. The standard InChI is InChI=1S/C35H37ClN6O6/c1-33(2,3)47-31(44)41-25-13-11-20(46-7)15-22(25)35(30(41)43)16-23(35)19-10-12-21-26(14-19)42(32(45)48-34(4,5)6)40-28(21)39-29-24(36)17-37-27(38-29)18-8-9-18/h10-15,17-18,23H,8-9,16H2,1-7H3,(H,37,38,39,40)/t23-,35-/m0/s1. The van der Waals surface area contributed by atoms with E-state index in [1.54, 1.807) is 67.0 Å². The third kappa shape index (κ3) is 5.51. The van der Waals surface area contributed by atoms with E-state index in [0.29, 0.717) is 62.7 Å². The van der Waals surface area contributed by atoms with Gasteiger partial charge in [-0.3, -0.25) is 4.79 Å². The van der Waals surface area contributed by atoms with Crippen molar-refractivity contribution in [3.05, 3.63) is 64.6 Å². The van der Waals surface area contributed by atoms with Gasteiger partial charge in [-0.05, 0) is 102 Å². The minimum atomic E-state index is -1.01. The first-order valence-corrected chi connectivity index (χ1v) is 16.3. The molecule has 0 unspecified atom stereocenters. The van der Waals surface area contributed by atoms with Gasteiger partial charge in [0.05, 0.1) is 29.9 Å². The van der Waals surface area contributed by atoms with Gasteiger partial charge in [-0.2, -0.15) is 4.68 Å². The summed E-state index contributed by atoms with van der Waals surface area (Å²) in [4.78, 5) is 51.2. The summed E-state index contributed by atoms with van der Waals surface area (Å²) in [5.41, 5.74) is -0.163. The van der Waals surface area contributed by atoms with E-state index in [2.05, 4.69) is 20.4 Å².